The average molecular weight is 1080 g/mol. The molecular formula is C76H65N5O2. The molecule has 0 atom stereocenters. The zero-order valence-electron chi connectivity index (χ0n) is 48.5. The number of hydrogen-bond donors (Lipinski definition) is 0. The summed E-state index contributed by atoms with van der Waals surface area (Å²) in [7, 11) is 0. The molecule has 406 valence electrons. The van der Waals surface area contributed by atoms with Crippen LogP contribution in [-0.4, -0.2) is 24.1 Å². The summed E-state index contributed by atoms with van der Waals surface area (Å²) in [5.41, 5.74) is 21.2. The zero-order valence-corrected chi connectivity index (χ0v) is 48.5. The second-order valence-electron chi connectivity index (χ2n) is 23.6. The van der Waals surface area contributed by atoms with E-state index in [4.69, 9.17) is 24.1 Å². The van der Waals surface area contributed by atoms with Gasteiger partial charge in [-0.05, 0) is 171 Å². The van der Waals surface area contributed by atoms with Gasteiger partial charge in [0.1, 0.15) is 34.3 Å². The van der Waals surface area contributed by atoms with Crippen molar-refractivity contribution < 1.29 is 9.15 Å². The van der Waals surface area contributed by atoms with E-state index in [1.54, 1.807) is 0 Å². The van der Waals surface area contributed by atoms with Crippen molar-refractivity contribution in [3.63, 3.8) is 0 Å². The van der Waals surface area contributed by atoms with Crippen LogP contribution in [0.3, 0.4) is 0 Å². The Kier molecular flexibility index (Phi) is 12.7. The van der Waals surface area contributed by atoms with Gasteiger partial charge in [0.05, 0.1) is 44.5 Å². The van der Waals surface area contributed by atoms with Crippen molar-refractivity contribution in [3.05, 3.63) is 234 Å². The summed E-state index contributed by atoms with van der Waals surface area (Å²) < 4.78 is 19.3. The van der Waals surface area contributed by atoms with Crippen molar-refractivity contribution in [2.24, 2.45) is 0 Å². The summed E-state index contributed by atoms with van der Waals surface area (Å²) in [6.45, 7) is 20.5. The molecule has 14 rings (SSSR count). The van der Waals surface area contributed by atoms with E-state index in [-0.39, 0.29) is 23.7 Å². The van der Waals surface area contributed by atoms with E-state index < -0.39 is 0 Å². The summed E-state index contributed by atoms with van der Waals surface area (Å²) in [6, 6.07) is 73.6. The Morgan fingerprint density at radius 3 is 1.42 bits per heavy atom. The van der Waals surface area contributed by atoms with Gasteiger partial charge in [0, 0.05) is 32.8 Å². The highest BCUT2D eigenvalue weighted by molar-refractivity contribution is 6.18. The van der Waals surface area contributed by atoms with Crippen LogP contribution in [0.5, 0.6) is 11.5 Å². The van der Waals surface area contributed by atoms with Gasteiger partial charge in [0.15, 0.2) is 0 Å². The molecule has 83 heavy (non-hydrogen) atoms. The Morgan fingerprint density at radius 1 is 0.361 bits per heavy atom. The highest BCUT2D eigenvalue weighted by atomic mass is 16.5. The predicted octanol–water partition coefficient (Wildman–Crippen LogP) is 21.2. The van der Waals surface area contributed by atoms with Crippen LogP contribution in [-0.2, 0) is 0 Å². The summed E-state index contributed by atoms with van der Waals surface area (Å²) in [6.07, 6.45) is 0. The normalized spacial score (nSPS) is 12.1. The standard InChI is InChI=1S/C76H65N5O2/c1-44(2)57-36-52(49-23-12-10-13-24-49)37-58(45(3)4)72(57)80-69-33-20-18-31-67(69)78-75(80)51-27-22-28-54(35-51)82-55-40-64-63-42-62-56-29-16-17-30-66(56)77-48(9)61(62)43-71(63)83-74(64)65(41-55)76-79-68-32-19-21-34-70(68)81(76)73-59(46(5)6)38-53(39-60(73)47(7)8)50-25-14-11-15-26-50/h10-47H,1-9H3. The first-order valence-electron chi connectivity index (χ1n) is 29.3. The fraction of sp³-hybridized carbons (Fsp3) is 0.171. The van der Waals surface area contributed by atoms with E-state index in [1.165, 1.54) is 50.2 Å². The van der Waals surface area contributed by atoms with Crippen molar-refractivity contribution in [1.29, 1.82) is 0 Å². The number of imidazole rings is 2. The number of nitrogens with zero attached hydrogens (tertiary/aromatic N) is 5. The Balaban J connectivity index is 0.998. The fourth-order valence-corrected chi connectivity index (χ4v) is 12.6. The lowest BCUT2D eigenvalue weighted by Crippen LogP contribution is -2.09. The Labute approximate surface area is 484 Å². The molecule has 4 heterocycles. The van der Waals surface area contributed by atoms with Gasteiger partial charge in [-0.25, -0.2) is 9.97 Å². The third-order valence-electron chi connectivity index (χ3n) is 16.7. The number of pyridine rings is 1. The fourth-order valence-electron chi connectivity index (χ4n) is 12.6. The van der Waals surface area contributed by atoms with Crippen LogP contribution in [0.1, 0.15) is 107 Å². The number of aryl methyl sites for hydroxylation is 1. The Morgan fingerprint density at radius 2 is 0.855 bits per heavy atom. The topological polar surface area (TPSA) is 70.9 Å². The van der Waals surface area contributed by atoms with Crippen molar-refractivity contribution in [1.82, 2.24) is 24.1 Å². The molecule has 10 aromatic carbocycles. The highest BCUT2D eigenvalue weighted by Gasteiger charge is 2.28. The first-order chi connectivity index (χ1) is 40.4. The van der Waals surface area contributed by atoms with E-state index in [9.17, 15) is 0 Å². The predicted molar refractivity (Wildman–Crippen MR) is 345 cm³/mol. The van der Waals surface area contributed by atoms with Crippen LogP contribution < -0.4 is 4.74 Å². The van der Waals surface area contributed by atoms with Gasteiger partial charge in [-0.1, -0.05) is 171 Å². The van der Waals surface area contributed by atoms with Crippen molar-refractivity contribution in [2.45, 2.75) is 86.0 Å². The molecular weight excluding hydrogens is 1010 g/mol. The smallest absolute Gasteiger partial charge is 0.149 e. The Bertz CT molecular complexity index is 4790. The second-order valence-corrected chi connectivity index (χ2v) is 23.6. The molecule has 0 fully saturated rings. The summed E-state index contributed by atoms with van der Waals surface area (Å²) in [5.74, 6) is 3.78. The lowest BCUT2D eigenvalue weighted by atomic mass is 9.88. The zero-order chi connectivity index (χ0) is 56.8. The van der Waals surface area contributed by atoms with E-state index in [0.29, 0.717) is 11.5 Å². The maximum atomic E-state index is 7.30. The number of para-hydroxylation sites is 5. The number of ether oxygens (including phenoxy) is 1. The van der Waals surface area contributed by atoms with Crippen LogP contribution in [0.25, 0.3) is 122 Å². The molecule has 0 amide bonds. The molecule has 0 unspecified atom stereocenters. The monoisotopic (exact) mass is 1080 g/mol. The van der Waals surface area contributed by atoms with Gasteiger partial charge in [-0.3, -0.25) is 14.1 Å². The van der Waals surface area contributed by atoms with Gasteiger partial charge >= 0.3 is 0 Å². The SMILES string of the molecule is Cc1nc2ccccc2c2cc3c(cc12)oc1c(-c2nc4ccccc4n2-c2c(C(C)C)cc(-c4ccccc4)cc2C(C)C)cc(Oc2cccc(-c4nc5ccccc5n4-c4c(C(C)C)cc(-c5ccccc5)cc4C(C)C)c2)cc13. The van der Waals surface area contributed by atoms with E-state index >= 15 is 0 Å². The number of benzene rings is 10. The summed E-state index contributed by atoms with van der Waals surface area (Å²) in [5, 5.41) is 5.18. The van der Waals surface area contributed by atoms with Crippen LogP contribution >= 0.6 is 0 Å². The van der Waals surface area contributed by atoms with Crippen LogP contribution in [0.15, 0.2) is 211 Å². The number of hydrogen-bond acceptors (Lipinski definition) is 5. The molecule has 0 bridgehead atoms. The molecule has 0 N–H and O–H groups in total. The minimum Gasteiger partial charge on any atom is -0.457 e. The molecule has 7 nitrogen and oxygen atoms in total. The Hall–Kier alpha value is -9.59. The van der Waals surface area contributed by atoms with E-state index in [2.05, 4.69) is 272 Å². The molecule has 0 aliphatic heterocycles. The molecule has 0 aliphatic rings. The molecule has 0 aliphatic carbocycles. The van der Waals surface area contributed by atoms with Gasteiger partial charge < -0.3 is 9.15 Å². The first kappa shape index (κ1) is 51.5. The van der Waals surface area contributed by atoms with Crippen LogP contribution in [0, 0.1) is 6.92 Å². The first-order valence-corrected chi connectivity index (χ1v) is 29.3. The number of furan rings is 1. The third-order valence-corrected chi connectivity index (χ3v) is 16.7. The lowest BCUT2D eigenvalue weighted by Gasteiger charge is -2.24. The molecule has 7 heteroatoms. The number of fused-ring (bicyclic) bond motifs is 8. The van der Waals surface area contributed by atoms with Gasteiger partial charge in [0.25, 0.3) is 0 Å². The van der Waals surface area contributed by atoms with Gasteiger partial charge in [-0.15, -0.1) is 0 Å². The molecule has 0 spiro atoms. The average Bonchev–Trinajstić information content (AvgIpc) is 2.34. The lowest BCUT2D eigenvalue weighted by molar-refractivity contribution is 0.483. The second kappa shape index (κ2) is 20.4. The molecule has 14 aromatic rings. The summed E-state index contributed by atoms with van der Waals surface area (Å²) in [4.78, 5) is 16.1. The maximum Gasteiger partial charge on any atom is 0.149 e. The molecule has 4 aromatic heterocycles. The van der Waals surface area contributed by atoms with Crippen molar-refractivity contribution in [3.8, 4) is 67.9 Å². The van der Waals surface area contributed by atoms with Crippen molar-refractivity contribution in [2.75, 3.05) is 0 Å². The van der Waals surface area contributed by atoms with E-state index in [1.807, 2.05) is 6.07 Å². The molecule has 0 saturated carbocycles. The van der Waals surface area contributed by atoms with Crippen molar-refractivity contribution >= 4 is 65.7 Å². The minimum absolute atomic E-state index is 0.184. The summed E-state index contributed by atoms with van der Waals surface area (Å²) >= 11 is 0. The largest absolute Gasteiger partial charge is 0.457 e. The van der Waals surface area contributed by atoms with Crippen LogP contribution in [0.4, 0.5) is 0 Å². The van der Waals surface area contributed by atoms with Crippen LogP contribution in [0.2, 0.25) is 0 Å². The maximum absolute atomic E-state index is 7.30. The number of rotatable bonds is 12. The van der Waals surface area contributed by atoms with Gasteiger partial charge in [0.2, 0.25) is 0 Å². The minimum atomic E-state index is 0.184. The number of aromatic nitrogens is 5. The van der Waals surface area contributed by atoms with E-state index in [0.717, 1.165) is 99.8 Å². The quantitative estimate of drug-likeness (QED) is 0.114. The third kappa shape index (κ3) is 8.85. The highest BCUT2D eigenvalue weighted by Crippen LogP contribution is 2.47. The van der Waals surface area contributed by atoms with Gasteiger partial charge in [-0.2, -0.15) is 0 Å². The molecule has 0 saturated heterocycles. The molecule has 0 radical (unpaired) electrons.